The van der Waals surface area contributed by atoms with Gasteiger partial charge < -0.3 is 29.4 Å². The Kier molecular flexibility index (Phi) is 5.97. The Balaban J connectivity index is 2.85. The summed E-state index contributed by atoms with van der Waals surface area (Å²) in [6.07, 6.45) is -2.56. The second kappa shape index (κ2) is 7.01. The lowest BCUT2D eigenvalue weighted by atomic mass is 9.96. The SMILES string of the molecule is COC[C@H]1O[C@@H](O)[C@H](NC(C)=O)[C@@H](OC)[C@@H]1OC. The van der Waals surface area contributed by atoms with Crippen LogP contribution in [-0.2, 0) is 23.7 Å². The quantitative estimate of drug-likeness (QED) is 0.654. The zero-order valence-electron chi connectivity index (χ0n) is 11.1. The fourth-order valence-corrected chi connectivity index (χ4v) is 2.17. The van der Waals surface area contributed by atoms with Gasteiger partial charge in [0.25, 0.3) is 0 Å². The maximum absolute atomic E-state index is 11.1. The molecule has 1 heterocycles. The van der Waals surface area contributed by atoms with Gasteiger partial charge in [-0.05, 0) is 0 Å². The minimum Gasteiger partial charge on any atom is -0.382 e. The Labute approximate surface area is 106 Å². The number of hydrogen-bond acceptors (Lipinski definition) is 6. The highest BCUT2D eigenvalue weighted by atomic mass is 16.6. The summed E-state index contributed by atoms with van der Waals surface area (Å²) in [4.78, 5) is 11.1. The lowest BCUT2D eigenvalue weighted by Gasteiger charge is -2.43. The molecule has 0 radical (unpaired) electrons. The van der Waals surface area contributed by atoms with Crippen LogP contribution >= 0.6 is 0 Å². The summed E-state index contributed by atoms with van der Waals surface area (Å²) in [5.74, 6) is -0.273. The number of carbonyl (C=O) groups excluding carboxylic acids is 1. The van der Waals surface area contributed by atoms with Crippen LogP contribution in [0.3, 0.4) is 0 Å². The summed E-state index contributed by atoms with van der Waals surface area (Å²) in [5, 5.41) is 12.5. The van der Waals surface area contributed by atoms with Crippen LogP contribution in [0.15, 0.2) is 0 Å². The average molecular weight is 263 g/mol. The lowest BCUT2D eigenvalue weighted by Crippen LogP contribution is -2.65. The van der Waals surface area contributed by atoms with Crippen molar-refractivity contribution in [2.45, 2.75) is 37.6 Å². The predicted molar refractivity (Wildman–Crippen MR) is 62.0 cm³/mol. The van der Waals surface area contributed by atoms with E-state index in [2.05, 4.69) is 5.32 Å². The fraction of sp³-hybridized carbons (Fsp3) is 0.909. The minimum absolute atomic E-state index is 0.266. The van der Waals surface area contributed by atoms with Crippen LogP contribution in [0.2, 0.25) is 0 Å². The van der Waals surface area contributed by atoms with Crippen molar-refractivity contribution in [2.75, 3.05) is 27.9 Å². The summed E-state index contributed by atoms with van der Waals surface area (Å²) in [6.45, 7) is 1.63. The van der Waals surface area contributed by atoms with Gasteiger partial charge in [-0.2, -0.15) is 0 Å². The van der Waals surface area contributed by atoms with Crippen molar-refractivity contribution >= 4 is 5.91 Å². The van der Waals surface area contributed by atoms with Gasteiger partial charge in [-0.15, -0.1) is 0 Å². The van der Waals surface area contributed by atoms with Crippen LogP contribution < -0.4 is 5.32 Å². The monoisotopic (exact) mass is 263 g/mol. The molecule has 1 rings (SSSR count). The smallest absolute Gasteiger partial charge is 0.217 e. The Morgan fingerprint density at radius 3 is 2.33 bits per heavy atom. The van der Waals surface area contributed by atoms with Crippen molar-refractivity contribution in [1.29, 1.82) is 0 Å². The molecular formula is C11H21NO6. The van der Waals surface area contributed by atoms with E-state index in [0.29, 0.717) is 0 Å². The molecule has 1 aliphatic rings. The number of aliphatic hydroxyl groups is 1. The maximum atomic E-state index is 11.1. The molecule has 1 aliphatic heterocycles. The molecule has 106 valence electrons. The second-order valence-electron chi connectivity index (χ2n) is 4.15. The van der Waals surface area contributed by atoms with Gasteiger partial charge in [0.15, 0.2) is 6.29 Å². The number of aliphatic hydroxyl groups excluding tert-OH is 1. The van der Waals surface area contributed by atoms with Gasteiger partial charge in [0.1, 0.15) is 24.4 Å². The van der Waals surface area contributed by atoms with Gasteiger partial charge in [0.05, 0.1) is 6.61 Å². The number of amides is 1. The van der Waals surface area contributed by atoms with Crippen molar-refractivity contribution in [1.82, 2.24) is 5.32 Å². The summed E-state index contributed by atoms with van der Waals surface area (Å²) >= 11 is 0. The van der Waals surface area contributed by atoms with Gasteiger partial charge in [-0.25, -0.2) is 0 Å². The zero-order valence-corrected chi connectivity index (χ0v) is 11.1. The van der Waals surface area contributed by atoms with E-state index in [4.69, 9.17) is 18.9 Å². The maximum Gasteiger partial charge on any atom is 0.217 e. The van der Waals surface area contributed by atoms with Gasteiger partial charge >= 0.3 is 0 Å². The largest absolute Gasteiger partial charge is 0.382 e. The summed E-state index contributed by atoms with van der Waals surface area (Å²) < 4.78 is 21.0. The summed E-state index contributed by atoms with van der Waals surface area (Å²) in [6, 6.07) is -0.675. The highest BCUT2D eigenvalue weighted by molar-refractivity contribution is 5.73. The molecule has 0 unspecified atom stereocenters. The number of carbonyl (C=O) groups is 1. The highest BCUT2D eigenvalue weighted by Gasteiger charge is 2.46. The molecule has 0 bridgehead atoms. The molecule has 0 saturated carbocycles. The Bertz CT molecular complexity index is 274. The van der Waals surface area contributed by atoms with Gasteiger partial charge in [0.2, 0.25) is 5.91 Å². The number of methoxy groups -OCH3 is 3. The van der Waals surface area contributed by atoms with Crippen molar-refractivity contribution < 1.29 is 28.8 Å². The first-order chi connectivity index (χ1) is 8.54. The summed E-state index contributed by atoms with van der Waals surface area (Å²) in [7, 11) is 4.54. The Morgan fingerprint density at radius 1 is 1.28 bits per heavy atom. The normalized spacial score (nSPS) is 36.4. The standard InChI is InChI=1S/C11H21NO6/c1-6(13)12-8-10(17-4)9(16-3)7(5-15-2)18-11(8)14/h7-11,14H,5H2,1-4H3,(H,12,13)/t7-,8-,9-,10-,11-/m1/s1. The molecule has 2 N–H and O–H groups in total. The number of ether oxygens (including phenoxy) is 4. The van der Waals surface area contributed by atoms with E-state index in [-0.39, 0.29) is 12.5 Å². The van der Waals surface area contributed by atoms with E-state index < -0.39 is 30.6 Å². The van der Waals surface area contributed by atoms with Crippen LogP contribution in [0.1, 0.15) is 6.92 Å². The lowest BCUT2D eigenvalue weighted by molar-refractivity contribution is -0.264. The third-order valence-corrected chi connectivity index (χ3v) is 2.91. The molecular weight excluding hydrogens is 242 g/mol. The first-order valence-corrected chi connectivity index (χ1v) is 5.70. The van der Waals surface area contributed by atoms with E-state index in [1.54, 1.807) is 0 Å². The molecule has 0 spiro atoms. The minimum atomic E-state index is -1.16. The molecule has 0 aromatic heterocycles. The Hall–Kier alpha value is -0.730. The van der Waals surface area contributed by atoms with E-state index >= 15 is 0 Å². The van der Waals surface area contributed by atoms with Gasteiger partial charge in [-0.1, -0.05) is 0 Å². The molecule has 7 heteroatoms. The predicted octanol–water partition coefficient (Wildman–Crippen LogP) is -1.12. The molecule has 0 aromatic rings. The first-order valence-electron chi connectivity index (χ1n) is 5.70. The van der Waals surface area contributed by atoms with Crippen molar-refractivity contribution in [3.8, 4) is 0 Å². The first kappa shape index (κ1) is 15.3. The van der Waals surface area contributed by atoms with Crippen molar-refractivity contribution in [3.63, 3.8) is 0 Å². The molecule has 5 atom stereocenters. The van der Waals surface area contributed by atoms with Crippen LogP contribution in [0.5, 0.6) is 0 Å². The van der Waals surface area contributed by atoms with Crippen molar-refractivity contribution in [3.05, 3.63) is 0 Å². The third kappa shape index (κ3) is 3.39. The third-order valence-electron chi connectivity index (χ3n) is 2.91. The van der Waals surface area contributed by atoms with E-state index in [0.717, 1.165) is 0 Å². The van der Waals surface area contributed by atoms with Crippen LogP contribution in [0, 0.1) is 0 Å². The van der Waals surface area contributed by atoms with E-state index in [9.17, 15) is 9.90 Å². The number of rotatable bonds is 5. The highest BCUT2D eigenvalue weighted by Crippen LogP contribution is 2.24. The van der Waals surface area contributed by atoms with Gasteiger partial charge in [0, 0.05) is 28.3 Å². The second-order valence-corrected chi connectivity index (χ2v) is 4.15. The van der Waals surface area contributed by atoms with Gasteiger partial charge in [-0.3, -0.25) is 4.79 Å². The van der Waals surface area contributed by atoms with Crippen molar-refractivity contribution in [2.24, 2.45) is 0 Å². The number of nitrogens with one attached hydrogen (secondary N) is 1. The van der Waals surface area contributed by atoms with E-state index in [1.807, 2.05) is 0 Å². The van der Waals surface area contributed by atoms with E-state index in [1.165, 1.54) is 28.3 Å². The molecule has 7 nitrogen and oxygen atoms in total. The molecule has 1 saturated heterocycles. The summed E-state index contributed by atoms with van der Waals surface area (Å²) in [5.41, 5.74) is 0. The average Bonchev–Trinajstić information content (AvgIpc) is 2.31. The van der Waals surface area contributed by atoms with Crippen LogP contribution in [0.4, 0.5) is 0 Å². The molecule has 0 aromatic carbocycles. The topological polar surface area (TPSA) is 86.2 Å². The van der Waals surface area contributed by atoms with Crippen LogP contribution in [0.25, 0.3) is 0 Å². The zero-order chi connectivity index (χ0) is 13.7. The van der Waals surface area contributed by atoms with Crippen LogP contribution in [-0.4, -0.2) is 69.6 Å². The number of hydrogen-bond donors (Lipinski definition) is 2. The Morgan fingerprint density at radius 2 is 1.89 bits per heavy atom. The fourth-order valence-electron chi connectivity index (χ4n) is 2.17. The molecule has 0 aliphatic carbocycles. The molecule has 1 fully saturated rings. The molecule has 18 heavy (non-hydrogen) atoms. The molecule has 1 amide bonds.